The summed E-state index contributed by atoms with van der Waals surface area (Å²) in [5.41, 5.74) is -2.21. The van der Waals surface area contributed by atoms with Crippen molar-refractivity contribution >= 4 is 29.2 Å². The van der Waals surface area contributed by atoms with Gasteiger partial charge in [-0.1, -0.05) is 13.0 Å². The molecule has 0 bridgehead atoms. The van der Waals surface area contributed by atoms with Gasteiger partial charge < -0.3 is 0 Å². The maximum absolute atomic E-state index is 15.3. The molecule has 5 rings (SSSR count). The number of fused-ring (bicyclic) bond motifs is 3. The third-order valence-corrected chi connectivity index (χ3v) is 8.01. The van der Waals surface area contributed by atoms with Crippen molar-refractivity contribution in [3.63, 3.8) is 0 Å². The van der Waals surface area contributed by atoms with E-state index in [0.717, 1.165) is 18.1 Å². The van der Waals surface area contributed by atoms with E-state index < -0.39 is 18.5 Å². The van der Waals surface area contributed by atoms with Gasteiger partial charge >= 0.3 is 182 Å². The molecule has 1 atom stereocenters. The van der Waals surface area contributed by atoms with Gasteiger partial charge in [0, 0.05) is 0 Å². The molecule has 1 aromatic heterocycles. The Kier molecular flexibility index (Phi) is 5.80. The quantitative estimate of drug-likeness (QED) is 0.240. The molecule has 4 aromatic rings. The van der Waals surface area contributed by atoms with Crippen LogP contribution in [0.1, 0.15) is 18.9 Å². The number of furan rings is 1. The van der Waals surface area contributed by atoms with Gasteiger partial charge in [-0.25, -0.2) is 0 Å². The van der Waals surface area contributed by atoms with Crippen LogP contribution in [-0.4, -0.2) is 28.0 Å². The number of alkyl halides is 2. The average molecular weight is 512 g/mol. The summed E-state index contributed by atoms with van der Waals surface area (Å²) in [6, 6.07) is 16.5. The molecule has 0 saturated heterocycles. The van der Waals surface area contributed by atoms with E-state index in [9.17, 15) is 14.7 Å². The number of allylic oxidation sites excluding steroid dienone is 2. The molecule has 3 aromatic carbocycles. The summed E-state index contributed by atoms with van der Waals surface area (Å²) < 4.78 is 42.6. The van der Waals surface area contributed by atoms with Crippen LogP contribution in [-0.2, 0) is 5.66 Å². The fourth-order valence-corrected chi connectivity index (χ4v) is 5.14. The van der Waals surface area contributed by atoms with Crippen LogP contribution in [0.25, 0.3) is 33.1 Å². The van der Waals surface area contributed by atoms with Gasteiger partial charge in [0.2, 0.25) is 0 Å². The number of rotatable bonds is 6. The number of hydrogen-bond acceptors (Lipinski definition) is 5. The fraction of sp³-hybridized carbons (Fsp3) is 0.214. The second-order valence-electron chi connectivity index (χ2n) is 9.56. The zero-order chi connectivity index (χ0) is 25.7. The van der Waals surface area contributed by atoms with Gasteiger partial charge in [-0.3, -0.25) is 0 Å². The molecule has 1 aliphatic carbocycles. The van der Waals surface area contributed by atoms with Gasteiger partial charge in [0.05, 0.1) is 0 Å². The first-order chi connectivity index (χ1) is 16.9. The molecule has 36 heavy (non-hydrogen) atoms. The molecule has 8 heteroatoms. The molecule has 0 spiro atoms. The maximum atomic E-state index is 15.3. The number of ether oxygens (including phenoxy) is 1. The predicted octanol–water partition coefficient (Wildman–Crippen LogP) is 7.11. The first-order valence-electron chi connectivity index (χ1n) is 11.6. The number of para-hydroxylation sites is 1. The molecule has 0 aliphatic heterocycles. The molecule has 1 heterocycles. The van der Waals surface area contributed by atoms with Gasteiger partial charge in [0.1, 0.15) is 0 Å². The molecule has 1 unspecified atom stereocenters. The monoisotopic (exact) mass is 512 g/mol. The molecule has 1 aliphatic rings. The van der Waals surface area contributed by atoms with Crippen molar-refractivity contribution in [1.82, 2.24) is 0 Å². The van der Waals surface area contributed by atoms with Crippen molar-refractivity contribution in [2.75, 3.05) is 13.3 Å². The van der Waals surface area contributed by atoms with E-state index in [1.165, 1.54) is 6.07 Å². The Bertz CT molecular complexity index is 1520. The summed E-state index contributed by atoms with van der Waals surface area (Å²) in [5, 5.41) is 0.390. The Hall–Kier alpha value is -3.09. The molecule has 5 nitrogen and oxygen atoms in total. The SMILES string of the molecule is CC1C=CC(COc2cccc(-c3ccc(C(F)(F)P(C)(O)(O)O)c4c3oc3ccccc34)c2)=CC1. The number of hydrogen-bond donors (Lipinski definition) is 3. The Morgan fingerprint density at radius 2 is 1.83 bits per heavy atom. The summed E-state index contributed by atoms with van der Waals surface area (Å²) in [6.07, 6.45) is 7.32. The molecule has 3 N–H and O–H groups in total. The molecule has 0 amide bonds. The van der Waals surface area contributed by atoms with E-state index in [0.29, 0.717) is 47.0 Å². The summed E-state index contributed by atoms with van der Waals surface area (Å²) in [6.45, 7) is 2.94. The van der Waals surface area contributed by atoms with E-state index in [1.807, 2.05) is 18.2 Å². The summed E-state index contributed by atoms with van der Waals surface area (Å²) in [5.74, 6) is 1.12. The molecule has 188 valence electrons. The van der Waals surface area contributed by atoms with Gasteiger partial charge in [0.25, 0.3) is 0 Å². The Labute approximate surface area is 207 Å². The van der Waals surface area contributed by atoms with Crippen LogP contribution >= 0.6 is 7.28 Å². The Balaban J connectivity index is 1.61. The van der Waals surface area contributed by atoms with Gasteiger partial charge in [0.15, 0.2) is 0 Å². The van der Waals surface area contributed by atoms with Crippen molar-refractivity contribution in [2.45, 2.75) is 19.0 Å². The van der Waals surface area contributed by atoms with Gasteiger partial charge in [-0.15, -0.1) is 0 Å². The smallest absolute Gasteiger partial charge is 0.0283 e. The minimum Gasteiger partial charge on any atom is -0.0283 e. The Morgan fingerprint density at radius 1 is 1.06 bits per heavy atom. The Morgan fingerprint density at radius 3 is 2.56 bits per heavy atom. The van der Waals surface area contributed by atoms with Crippen LogP contribution in [0.5, 0.6) is 5.75 Å². The third kappa shape index (κ3) is 4.33. The first-order valence-corrected chi connectivity index (χ1v) is 14.1. The summed E-state index contributed by atoms with van der Waals surface area (Å²) >= 11 is 0. The van der Waals surface area contributed by atoms with Gasteiger partial charge in [-0.2, -0.15) is 0 Å². The normalized spacial score (nSPS) is 17.7. The second-order valence-corrected chi connectivity index (χ2v) is 12.9. The number of halogens is 2. The summed E-state index contributed by atoms with van der Waals surface area (Å²) in [7, 11) is -6.33. The van der Waals surface area contributed by atoms with Crippen LogP contribution in [0, 0.1) is 5.92 Å². The predicted molar refractivity (Wildman–Crippen MR) is 139 cm³/mol. The van der Waals surface area contributed by atoms with Crippen LogP contribution in [0.2, 0.25) is 0 Å². The van der Waals surface area contributed by atoms with E-state index in [2.05, 4.69) is 25.2 Å². The topological polar surface area (TPSA) is 83.1 Å². The van der Waals surface area contributed by atoms with Crippen molar-refractivity contribution in [2.24, 2.45) is 5.92 Å². The first kappa shape index (κ1) is 24.6. The van der Waals surface area contributed by atoms with Crippen molar-refractivity contribution in [3.05, 3.63) is 90.0 Å². The standard InChI is InChI=1S/C28H27F2O5P/c1-18-10-12-19(13-11-18)17-34-21-7-5-6-20(16-21)22-14-15-24(28(29,30)36(2,31,32)33)26-23-8-3-4-9-25(23)35-27(22)26/h3-10,12-16,18,31-33H,11,17H2,1-2H3. The molecular weight excluding hydrogens is 485 g/mol. The van der Waals surface area contributed by atoms with E-state index in [-0.39, 0.29) is 11.0 Å². The zero-order valence-corrected chi connectivity index (χ0v) is 20.8. The van der Waals surface area contributed by atoms with E-state index >= 15 is 8.78 Å². The van der Waals surface area contributed by atoms with E-state index in [4.69, 9.17) is 9.15 Å². The third-order valence-electron chi connectivity index (χ3n) is 6.45. The van der Waals surface area contributed by atoms with E-state index in [1.54, 1.807) is 30.3 Å². The van der Waals surface area contributed by atoms with Gasteiger partial charge in [-0.05, 0) is 12.3 Å². The molecule has 0 fully saturated rings. The van der Waals surface area contributed by atoms with Crippen molar-refractivity contribution < 1.29 is 32.6 Å². The second kappa shape index (κ2) is 8.49. The van der Waals surface area contributed by atoms with Crippen LogP contribution in [0.15, 0.2) is 88.9 Å². The number of benzene rings is 3. The molecule has 0 saturated carbocycles. The van der Waals surface area contributed by atoms with Crippen LogP contribution < -0.4 is 4.74 Å². The van der Waals surface area contributed by atoms with Crippen LogP contribution in [0.4, 0.5) is 8.78 Å². The minimum absolute atomic E-state index is 0.0130. The summed E-state index contributed by atoms with van der Waals surface area (Å²) in [4.78, 5) is 29.9. The van der Waals surface area contributed by atoms with Crippen LogP contribution in [0.3, 0.4) is 0 Å². The minimum atomic E-state index is -6.33. The molecule has 0 radical (unpaired) electrons. The van der Waals surface area contributed by atoms with Crippen molar-refractivity contribution in [3.8, 4) is 16.9 Å². The zero-order valence-electron chi connectivity index (χ0n) is 19.9. The molecular formula is C28H27F2O5P. The fourth-order valence-electron chi connectivity index (χ4n) is 4.39. The average Bonchev–Trinajstić information content (AvgIpc) is 3.21. The van der Waals surface area contributed by atoms with Crippen molar-refractivity contribution in [1.29, 1.82) is 0 Å².